The van der Waals surface area contributed by atoms with Crippen LogP contribution in [0.1, 0.15) is 22.8 Å². The van der Waals surface area contributed by atoms with E-state index in [1.54, 1.807) is 18.2 Å². The molecule has 5 heteroatoms. The van der Waals surface area contributed by atoms with Gasteiger partial charge in [0.05, 0.1) is 17.0 Å². The van der Waals surface area contributed by atoms with Crippen molar-refractivity contribution in [1.29, 1.82) is 0 Å². The SMILES string of the molecule is C/C(=N/Nc1ccc(C(=O)O)cc1)c1ccccc1Cl. The van der Waals surface area contributed by atoms with Crippen LogP contribution in [-0.4, -0.2) is 16.8 Å². The fourth-order valence-corrected chi connectivity index (χ4v) is 1.92. The van der Waals surface area contributed by atoms with E-state index >= 15 is 0 Å². The number of carboxylic acid groups (broad SMARTS) is 1. The summed E-state index contributed by atoms with van der Waals surface area (Å²) >= 11 is 6.08. The molecule has 2 aromatic carbocycles. The fraction of sp³-hybridized carbons (Fsp3) is 0.0667. The summed E-state index contributed by atoms with van der Waals surface area (Å²) in [4.78, 5) is 10.7. The zero-order valence-corrected chi connectivity index (χ0v) is 11.6. The Morgan fingerprint density at radius 2 is 1.80 bits per heavy atom. The molecule has 0 fully saturated rings. The number of hydrogen-bond acceptors (Lipinski definition) is 3. The molecule has 0 saturated heterocycles. The van der Waals surface area contributed by atoms with E-state index in [0.29, 0.717) is 10.7 Å². The van der Waals surface area contributed by atoms with Crippen molar-refractivity contribution in [3.63, 3.8) is 0 Å². The highest BCUT2D eigenvalue weighted by molar-refractivity contribution is 6.34. The largest absolute Gasteiger partial charge is 0.478 e. The summed E-state index contributed by atoms with van der Waals surface area (Å²) in [5.41, 5.74) is 5.42. The van der Waals surface area contributed by atoms with Gasteiger partial charge in [-0.2, -0.15) is 5.10 Å². The molecule has 0 aliphatic heterocycles. The van der Waals surface area contributed by atoms with Gasteiger partial charge < -0.3 is 5.11 Å². The van der Waals surface area contributed by atoms with E-state index in [9.17, 15) is 4.79 Å². The van der Waals surface area contributed by atoms with Crippen LogP contribution in [0.4, 0.5) is 5.69 Å². The van der Waals surface area contributed by atoms with Crippen LogP contribution >= 0.6 is 11.6 Å². The van der Waals surface area contributed by atoms with Crippen LogP contribution in [-0.2, 0) is 0 Å². The Balaban J connectivity index is 2.13. The number of carbonyl (C=O) groups is 1. The van der Waals surface area contributed by atoms with Crippen LogP contribution in [0.15, 0.2) is 53.6 Å². The standard InChI is InChI=1S/C15H13ClN2O2/c1-10(13-4-2-3-5-14(13)16)17-18-12-8-6-11(7-9-12)15(19)20/h2-9,18H,1H3,(H,19,20)/b17-10-. The number of nitrogens with one attached hydrogen (secondary N) is 1. The van der Waals surface area contributed by atoms with Crippen LogP contribution in [0, 0.1) is 0 Å². The molecule has 0 bridgehead atoms. The van der Waals surface area contributed by atoms with Gasteiger partial charge in [0.1, 0.15) is 0 Å². The Morgan fingerprint density at radius 3 is 2.40 bits per heavy atom. The monoisotopic (exact) mass is 288 g/mol. The minimum Gasteiger partial charge on any atom is -0.478 e. The molecule has 4 nitrogen and oxygen atoms in total. The smallest absolute Gasteiger partial charge is 0.335 e. The van der Waals surface area contributed by atoms with Gasteiger partial charge in [-0.15, -0.1) is 0 Å². The second-order valence-corrected chi connectivity index (χ2v) is 4.58. The summed E-state index contributed by atoms with van der Waals surface area (Å²) in [5, 5.41) is 13.7. The first-order chi connectivity index (χ1) is 9.58. The van der Waals surface area contributed by atoms with Crippen LogP contribution in [0.3, 0.4) is 0 Å². The highest BCUT2D eigenvalue weighted by atomic mass is 35.5. The molecule has 0 aromatic heterocycles. The molecule has 2 rings (SSSR count). The summed E-state index contributed by atoms with van der Waals surface area (Å²) < 4.78 is 0. The summed E-state index contributed by atoms with van der Waals surface area (Å²) in [6.45, 7) is 1.85. The van der Waals surface area contributed by atoms with E-state index in [0.717, 1.165) is 11.3 Å². The lowest BCUT2D eigenvalue weighted by molar-refractivity contribution is 0.0697. The van der Waals surface area contributed by atoms with Crippen LogP contribution in [0.5, 0.6) is 0 Å². The van der Waals surface area contributed by atoms with Gasteiger partial charge in [-0.05, 0) is 37.3 Å². The first kappa shape index (κ1) is 14.1. The van der Waals surface area contributed by atoms with Crippen molar-refractivity contribution in [3.8, 4) is 0 Å². The van der Waals surface area contributed by atoms with Gasteiger partial charge in [0, 0.05) is 10.6 Å². The Morgan fingerprint density at radius 1 is 1.15 bits per heavy atom. The van der Waals surface area contributed by atoms with Crippen molar-refractivity contribution < 1.29 is 9.90 Å². The molecular weight excluding hydrogens is 276 g/mol. The summed E-state index contributed by atoms with van der Waals surface area (Å²) in [7, 11) is 0. The predicted molar refractivity (Wildman–Crippen MR) is 80.7 cm³/mol. The van der Waals surface area contributed by atoms with Crippen LogP contribution < -0.4 is 5.43 Å². The quantitative estimate of drug-likeness (QED) is 0.663. The van der Waals surface area contributed by atoms with Gasteiger partial charge in [-0.25, -0.2) is 4.79 Å². The number of hydrogen-bond donors (Lipinski definition) is 2. The minimum absolute atomic E-state index is 0.238. The van der Waals surface area contributed by atoms with E-state index in [2.05, 4.69) is 10.5 Å². The van der Waals surface area contributed by atoms with Gasteiger partial charge in [0.15, 0.2) is 0 Å². The molecule has 0 radical (unpaired) electrons. The highest BCUT2D eigenvalue weighted by Gasteiger charge is 2.03. The van der Waals surface area contributed by atoms with Crippen molar-refractivity contribution in [2.24, 2.45) is 5.10 Å². The summed E-state index contributed by atoms with van der Waals surface area (Å²) in [5.74, 6) is -0.952. The van der Waals surface area contributed by atoms with Crippen molar-refractivity contribution in [2.75, 3.05) is 5.43 Å². The first-order valence-electron chi connectivity index (χ1n) is 5.96. The maximum absolute atomic E-state index is 10.7. The summed E-state index contributed by atoms with van der Waals surface area (Å²) in [6.07, 6.45) is 0. The number of aromatic carboxylic acids is 1. The van der Waals surface area contributed by atoms with Crippen LogP contribution in [0.2, 0.25) is 5.02 Å². The average Bonchev–Trinajstić information content (AvgIpc) is 2.45. The van der Waals surface area contributed by atoms with Gasteiger partial charge >= 0.3 is 5.97 Å². The molecular formula is C15H13ClN2O2. The van der Waals surface area contributed by atoms with Gasteiger partial charge in [0.25, 0.3) is 0 Å². The molecule has 0 amide bonds. The second kappa shape index (κ2) is 6.21. The topological polar surface area (TPSA) is 61.7 Å². The maximum Gasteiger partial charge on any atom is 0.335 e. The van der Waals surface area contributed by atoms with Crippen molar-refractivity contribution in [2.45, 2.75) is 6.92 Å². The Hall–Kier alpha value is -2.33. The Kier molecular flexibility index (Phi) is 4.38. The number of benzene rings is 2. The molecule has 0 saturated carbocycles. The second-order valence-electron chi connectivity index (χ2n) is 4.17. The molecule has 0 atom stereocenters. The molecule has 0 aliphatic carbocycles. The number of carboxylic acids is 1. The fourth-order valence-electron chi connectivity index (χ4n) is 1.65. The number of anilines is 1. The average molecular weight is 289 g/mol. The predicted octanol–water partition coefficient (Wildman–Crippen LogP) is 3.87. The van der Waals surface area contributed by atoms with E-state index < -0.39 is 5.97 Å². The molecule has 0 spiro atoms. The Bertz CT molecular complexity index is 651. The molecule has 102 valence electrons. The van der Waals surface area contributed by atoms with Gasteiger partial charge in [-0.1, -0.05) is 29.8 Å². The highest BCUT2D eigenvalue weighted by Crippen LogP contribution is 2.16. The lowest BCUT2D eigenvalue weighted by Crippen LogP contribution is -2.01. The maximum atomic E-state index is 10.7. The van der Waals surface area contributed by atoms with Crippen LogP contribution in [0.25, 0.3) is 0 Å². The normalized spacial score (nSPS) is 11.2. The molecule has 0 aliphatic rings. The lowest BCUT2D eigenvalue weighted by Gasteiger charge is -2.05. The molecule has 20 heavy (non-hydrogen) atoms. The van der Waals surface area contributed by atoms with Gasteiger partial charge in [0.2, 0.25) is 0 Å². The number of rotatable bonds is 4. The van der Waals surface area contributed by atoms with Crippen molar-refractivity contribution in [3.05, 3.63) is 64.7 Å². The molecule has 2 aromatic rings. The van der Waals surface area contributed by atoms with E-state index in [1.807, 2.05) is 25.1 Å². The molecule has 2 N–H and O–H groups in total. The third-order valence-corrected chi connectivity index (χ3v) is 3.08. The van der Waals surface area contributed by atoms with E-state index in [1.165, 1.54) is 12.1 Å². The van der Waals surface area contributed by atoms with E-state index in [4.69, 9.17) is 16.7 Å². The first-order valence-corrected chi connectivity index (χ1v) is 6.34. The third-order valence-electron chi connectivity index (χ3n) is 2.75. The minimum atomic E-state index is -0.952. The Labute approximate surface area is 121 Å². The van der Waals surface area contributed by atoms with Gasteiger partial charge in [-0.3, -0.25) is 5.43 Å². The number of halogens is 1. The number of nitrogens with zero attached hydrogens (tertiary/aromatic N) is 1. The zero-order chi connectivity index (χ0) is 14.5. The summed E-state index contributed by atoms with van der Waals surface area (Å²) in [6, 6.07) is 13.8. The van der Waals surface area contributed by atoms with Crippen molar-refractivity contribution in [1.82, 2.24) is 0 Å². The number of hydrazone groups is 1. The zero-order valence-electron chi connectivity index (χ0n) is 10.8. The van der Waals surface area contributed by atoms with Crippen molar-refractivity contribution >= 4 is 29.0 Å². The lowest BCUT2D eigenvalue weighted by atomic mass is 10.1. The molecule has 0 unspecified atom stereocenters. The molecule has 0 heterocycles. The third kappa shape index (κ3) is 3.36. The van der Waals surface area contributed by atoms with E-state index in [-0.39, 0.29) is 5.56 Å².